The predicted molar refractivity (Wildman–Crippen MR) is 127 cm³/mol. The van der Waals surface area contributed by atoms with Gasteiger partial charge in [0, 0.05) is 32.9 Å². The second-order valence-electron chi connectivity index (χ2n) is 8.22. The van der Waals surface area contributed by atoms with Crippen molar-refractivity contribution in [2.24, 2.45) is 0 Å². The van der Waals surface area contributed by atoms with Crippen molar-refractivity contribution in [3.05, 3.63) is 66.0 Å². The Kier molecular flexibility index (Phi) is 6.75. The van der Waals surface area contributed by atoms with Gasteiger partial charge in [-0.1, -0.05) is 30.3 Å². The van der Waals surface area contributed by atoms with E-state index >= 15 is 0 Å². The molecule has 1 amide bonds. The van der Waals surface area contributed by atoms with Gasteiger partial charge in [0.25, 0.3) is 5.91 Å². The Morgan fingerprint density at radius 3 is 2.48 bits per heavy atom. The number of hydrogen-bond acceptors (Lipinski definition) is 6. The largest absolute Gasteiger partial charge is 0.371 e. The van der Waals surface area contributed by atoms with E-state index in [0.717, 1.165) is 42.2 Å². The van der Waals surface area contributed by atoms with Gasteiger partial charge in [-0.3, -0.25) is 10.1 Å². The zero-order chi connectivity index (χ0) is 23.4. The number of aromatic nitrogens is 3. The molecule has 0 unspecified atom stereocenters. The Morgan fingerprint density at radius 1 is 1.06 bits per heavy atom. The van der Waals surface area contributed by atoms with Crippen molar-refractivity contribution < 1.29 is 13.2 Å². The smallest absolute Gasteiger partial charge is 0.260 e. The van der Waals surface area contributed by atoms with Crippen LogP contribution in [0.2, 0.25) is 0 Å². The second kappa shape index (κ2) is 9.72. The summed E-state index contributed by atoms with van der Waals surface area (Å²) in [6.45, 7) is 2.17. The standard InChI is InChI=1S/C23H28N6O3S/c1-27(2)33(31,32)19-11-12-21(28-13-7-4-8-14-28)20(15-19)22(30)25-23-24-17-29(26-23)16-18-9-5-3-6-10-18/h3,5-6,9-12,15,17H,4,7-8,13-14,16H2,1-2H3,(H,25,26,30). The van der Waals surface area contributed by atoms with Crippen LogP contribution in [0, 0.1) is 0 Å². The van der Waals surface area contributed by atoms with Gasteiger partial charge >= 0.3 is 0 Å². The van der Waals surface area contributed by atoms with Crippen molar-refractivity contribution in [2.75, 3.05) is 37.4 Å². The van der Waals surface area contributed by atoms with E-state index in [1.54, 1.807) is 23.1 Å². The van der Waals surface area contributed by atoms with Crippen LogP contribution < -0.4 is 10.2 Å². The van der Waals surface area contributed by atoms with E-state index in [4.69, 9.17) is 0 Å². The normalized spacial score (nSPS) is 14.5. The molecular weight excluding hydrogens is 440 g/mol. The van der Waals surface area contributed by atoms with Gasteiger partial charge in [0.15, 0.2) is 0 Å². The van der Waals surface area contributed by atoms with E-state index in [1.807, 2.05) is 30.3 Å². The minimum atomic E-state index is -3.68. The predicted octanol–water partition coefficient (Wildman–Crippen LogP) is 2.82. The molecule has 0 aliphatic carbocycles. The molecule has 2 aromatic carbocycles. The summed E-state index contributed by atoms with van der Waals surface area (Å²) in [5, 5.41) is 7.08. The molecule has 0 radical (unpaired) electrons. The third-order valence-corrected chi connectivity index (χ3v) is 7.45. The number of hydrogen-bond donors (Lipinski definition) is 1. The first-order valence-electron chi connectivity index (χ1n) is 10.9. The maximum absolute atomic E-state index is 13.3. The summed E-state index contributed by atoms with van der Waals surface area (Å²) in [6.07, 6.45) is 4.77. The molecular formula is C23H28N6O3S. The fraction of sp³-hybridized carbons (Fsp3) is 0.348. The molecule has 1 saturated heterocycles. The maximum Gasteiger partial charge on any atom is 0.260 e. The van der Waals surface area contributed by atoms with Crippen molar-refractivity contribution in [3.63, 3.8) is 0 Å². The number of carbonyl (C=O) groups is 1. The lowest BCUT2D eigenvalue weighted by Gasteiger charge is -2.30. The van der Waals surface area contributed by atoms with Crippen LogP contribution in [0.25, 0.3) is 0 Å². The third-order valence-electron chi connectivity index (χ3n) is 5.64. The van der Waals surface area contributed by atoms with Crippen LogP contribution in [0.4, 0.5) is 11.6 Å². The van der Waals surface area contributed by atoms with E-state index < -0.39 is 15.9 Å². The summed E-state index contributed by atoms with van der Waals surface area (Å²) in [6, 6.07) is 14.5. The van der Waals surface area contributed by atoms with Gasteiger partial charge in [-0.2, -0.15) is 0 Å². The van der Waals surface area contributed by atoms with Crippen LogP contribution in [0.5, 0.6) is 0 Å². The highest BCUT2D eigenvalue weighted by molar-refractivity contribution is 7.89. The lowest BCUT2D eigenvalue weighted by molar-refractivity contribution is 0.102. The third kappa shape index (κ3) is 5.23. The molecule has 174 valence electrons. The minimum absolute atomic E-state index is 0.0703. The average Bonchev–Trinajstić information content (AvgIpc) is 3.26. The Labute approximate surface area is 194 Å². The average molecular weight is 469 g/mol. The van der Waals surface area contributed by atoms with Crippen molar-refractivity contribution in [1.82, 2.24) is 19.1 Å². The molecule has 1 N–H and O–H groups in total. The quantitative estimate of drug-likeness (QED) is 0.572. The van der Waals surface area contributed by atoms with E-state index in [0.29, 0.717) is 17.8 Å². The summed E-state index contributed by atoms with van der Waals surface area (Å²) in [7, 11) is -0.746. The summed E-state index contributed by atoms with van der Waals surface area (Å²) in [4.78, 5) is 19.7. The number of nitrogens with one attached hydrogen (secondary N) is 1. The molecule has 1 aromatic heterocycles. The summed E-state index contributed by atoms with van der Waals surface area (Å²) in [5.74, 6) is -0.273. The van der Waals surface area contributed by atoms with E-state index in [-0.39, 0.29) is 10.8 Å². The Balaban J connectivity index is 1.61. The van der Waals surface area contributed by atoms with Crippen LogP contribution in [-0.4, -0.2) is 60.6 Å². The first-order valence-corrected chi connectivity index (χ1v) is 12.3. The Hall–Kier alpha value is -3.24. The molecule has 1 fully saturated rings. The number of amides is 1. The SMILES string of the molecule is CN(C)S(=O)(=O)c1ccc(N2CCCCC2)c(C(=O)Nc2ncn(Cc3ccccc3)n2)c1. The summed E-state index contributed by atoms with van der Waals surface area (Å²) < 4.78 is 28.1. The maximum atomic E-state index is 13.3. The second-order valence-corrected chi connectivity index (χ2v) is 10.4. The number of sulfonamides is 1. The molecule has 0 bridgehead atoms. The molecule has 0 spiro atoms. The van der Waals surface area contributed by atoms with Crippen LogP contribution >= 0.6 is 0 Å². The van der Waals surface area contributed by atoms with Gasteiger partial charge in [-0.25, -0.2) is 22.4 Å². The molecule has 4 rings (SSSR count). The highest BCUT2D eigenvalue weighted by atomic mass is 32.2. The summed E-state index contributed by atoms with van der Waals surface area (Å²) in [5.41, 5.74) is 2.07. The highest BCUT2D eigenvalue weighted by Crippen LogP contribution is 2.28. The van der Waals surface area contributed by atoms with Crippen LogP contribution in [0.15, 0.2) is 59.8 Å². The lowest BCUT2D eigenvalue weighted by atomic mass is 10.1. The van der Waals surface area contributed by atoms with E-state index in [2.05, 4.69) is 20.3 Å². The van der Waals surface area contributed by atoms with Gasteiger partial charge in [0.05, 0.1) is 17.0 Å². The van der Waals surface area contributed by atoms with Gasteiger partial charge < -0.3 is 4.90 Å². The number of nitrogens with zero attached hydrogens (tertiary/aromatic N) is 5. The molecule has 2 heterocycles. The number of carbonyl (C=O) groups excluding carboxylic acids is 1. The van der Waals surface area contributed by atoms with Crippen molar-refractivity contribution in [3.8, 4) is 0 Å². The number of rotatable bonds is 7. The Morgan fingerprint density at radius 2 is 1.79 bits per heavy atom. The monoisotopic (exact) mass is 468 g/mol. The van der Waals surface area contributed by atoms with Crippen molar-refractivity contribution in [1.29, 1.82) is 0 Å². The molecule has 10 heteroatoms. The van der Waals surface area contributed by atoms with Crippen molar-refractivity contribution in [2.45, 2.75) is 30.7 Å². The minimum Gasteiger partial charge on any atom is -0.371 e. The molecule has 1 aliphatic heterocycles. The first-order chi connectivity index (χ1) is 15.8. The van der Waals surface area contributed by atoms with Gasteiger partial charge in [-0.05, 0) is 43.0 Å². The van der Waals surface area contributed by atoms with Crippen LogP contribution in [0.1, 0.15) is 35.2 Å². The lowest BCUT2D eigenvalue weighted by Crippen LogP contribution is -2.32. The fourth-order valence-electron chi connectivity index (χ4n) is 3.85. The van der Waals surface area contributed by atoms with Gasteiger partial charge in [0.2, 0.25) is 16.0 Å². The first kappa shape index (κ1) is 22.9. The van der Waals surface area contributed by atoms with E-state index in [1.165, 1.54) is 20.2 Å². The number of benzene rings is 2. The van der Waals surface area contributed by atoms with Crippen molar-refractivity contribution >= 4 is 27.6 Å². The molecule has 1 aliphatic rings. The number of anilines is 2. The van der Waals surface area contributed by atoms with Crippen LogP contribution in [-0.2, 0) is 16.6 Å². The molecule has 0 saturated carbocycles. The van der Waals surface area contributed by atoms with Gasteiger partial charge in [-0.15, -0.1) is 5.10 Å². The summed E-state index contributed by atoms with van der Waals surface area (Å²) >= 11 is 0. The highest BCUT2D eigenvalue weighted by Gasteiger charge is 2.24. The molecule has 33 heavy (non-hydrogen) atoms. The van der Waals surface area contributed by atoms with Gasteiger partial charge in [0.1, 0.15) is 6.33 Å². The molecule has 9 nitrogen and oxygen atoms in total. The fourth-order valence-corrected chi connectivity index (χ4v) is 4.77. The Bertz CT molecular complexity index is 1220. The zero-order valence-corrected chi connectivity index (χ0v) is 19.6. The topological polar surface area (TPSA) is 100 Å². The molecule has 0 atom stereocenters. The number of piperidine rings is 1. The van der Waals surface area contributed by atoms with E-state index in [9.17, 15) is 13.2 Å². The van der Waals surface area contributed by atoms with Crippen LogP contribution in [0.3, 0.4) is 0 Å². The molecule has 3 aromatic rings. The zero-order valence-electron chi connectivity index (χ0n) is 18.8.